The Hall–Kier alpha value is -3.62. The van der Waals surface area contributed by atoms with Crippen molar-refractivity contribution >= 4 is 59.6 Å². The largest absolute Gasteiger partial charge is 0.376 e. The lowest BCUT2D eigenvalue weighted by Crippen LogP contribution is -2.43. The molecule has 10 heteroatoms. The fourth-order valence-corrected chi connectivity index (χ4v) is 7.40. The van der Waals surface area contributed by atoms with Crippen molar-refractivity contribution in [3.05, 3.63) is 83.9 Å². The molecule has 5 rings (SSSR count). The van der Waals surface area contributed by atoms with E-state index in [-0.39, 0.29) is 49.0 Å². The average molecular weight is 726 g/mol. The molecule has 0 unspecified atom stereocenters. The zero-order valence-corrected chi connectivity index (χ0v) is 32.0. The van der Waals surface area contributed by atoms with Crippen LogP contribution in [0.3, 0.4) is 0 Å². The van der Waals surface area contributed by atoms with E-state index in [0.29, 0.717) is 13.1 Å². The molecule has 3 aromatic carbocycles. The van der Waals surface area contributed by atoms with Gasteiger partial charge >= 0.3 is 12.1 Å². The van der Waals surface area contributed by atoms with Crippen LogP contribution < -0.4 is 20.4 Å². The number of urea groups is 2. The van der Waals surface area contributed by atoms with E-state index in [1.54, 1.807) is 0 Å². The lowest BCUT2D eigenvalue weighted by Gasteiger charge is -2.33. The zero-order chi connectivity index (χ0) is 33.9. The Morgan fingerprint density at radius 1 is 0.540 bits per heavy atom. The van der Waals surface area contributed by atoms with E-state index in [2.05, 4.69) is 44.7 Å². The van der Waals surface area contributed by atoms with Gasteiger partial charge in [-0.25, -0.2) is 9.59 Å². The second-order valence-electron chi connectivity index (χ2n) is 14.0. The Balaban J connectivity index is 0.00000338. The lowest BCUT2D eigenvalue weighted by atomic mass is 10.0. The second-order valence-corrected chi connectivity index (χ2v) is 14.0. The molecule has 2 fully saturated rings. The molecule has 274 valence electrons. The minimum Gasteiger partial charge on any atom is -0.376 e. The summed E-state index contributed by atoms with van der Waals surface area (Å²) >= 11 is 0. The molecule has 0 aliphatic heterocycles. The number of benzene rings is 3. The maximum absolute atomic E-state index is 14.1. The van der Waals surface area contributed by atoms with E-state index in [9.17, 15) is 9.59 Å². The molecular weight excluding hydrogens is 667 g/mol. The summed E-state index contributed by atoms with van der Waals surface area (Å²) < 4.78 is 0. The first-order valence-corrected chi connectivity index (χ1v) is 18.1. The number of halogens is 2. The molecule has 2 N–H and O–H groups in total. The van der Waals surface area contributed by atoms with Crippen LogP contribution in [0.1, 0.15) is 88.2 Å². The van der Waals surface area contributed by atoms with Gasteiger partial charge in [-0.3, -0.25) is 0 Å². The van der Waals surface area contributed by atoms with Crippen molar-refractivity contribution in [1.82, 2.24) is 9.80 Å². The molecule has 3 aromatic rings. The number of carbonyl (C=O) groups excluding carboxylic acids is 2. The summed E-state index contributed by atoms with van der Waals surface area (Å²) in [5, 5.41) is 6.51. The Bertz CT molecular complexity index is 1380. The van der Waals surface area contributed by atoms with Crippen molar-refractivity contribution in [3.8, 4) is 0 Å². The normalized spacial score (nSPS) is 15.3. The summed E-state index contributed by atoms with van der Waals surface area (Å²) in [6.45, 7) is 1.06. The summed E-state index contributed by atoms with van der Waals surface area (Å²) in [4.78, 5) is 36.3. The molecule has 8 nitrogen and oxygen atoms in total. The van der Waals surface area contributed by atoms with Gasteiger partial charge in [0.1, 0.15) is 0 Å². The van der Waals surface area contributed by atoms with Crippen LogP contribution in [0.4, 0.5) is 32.3 Å². The molecule has 4 amide bonds. The van der Waals surface area contributed by atoms with Gasteiger partial charge in [0.25, 0.3) is 0 Å². The van der Waals surface area contributed by atoms with Crippen molar-refractivity contribution in [2.24, 2.45) is 0 Å². The quantitative estimate of drug-likeness (QED) is 0.204. The van der Waals surface area contributed by atoms with E-state index >= 15 is 0 Å². The smallest absolute Gasteiger partial charge is 0.322 e. The molecule has 2 aliphatic carbocycles. The molecule has 2 saturated carbocycles. The molecule has 0 saturated heterocycles. The number of nitrogens with zero attached hydrogens (tertiary/aromatic N) is 4. The number of carbonyl (C=O) groups is 2. The SMILES string of the molecule is CN(C)c1ccccc1NC(=O)N(Cc1cccc(CN(C(=O)Nc2ccccc2N(C)C)C2CCCCCC2)c1)C1CCCCCC1.Cl.Cl. The highest BCUT2D eigenvalue weighted by molar-refractivity contribution is 5.94. The molecule has 0 spiro atoms. The fourth-order valence-electron chi connectivity index (χ4n) is 7.40. The summed E-state index contributed by atoms with van der Waals surface area (Å²) in [7, 11) is 8.00. The van der Waals surface area contributed by atoms with E-state index in [0.717, 1.165) is 85.2 Å². The number of para-hydroxylation sites is 4. The van der Waals surface area contributed by atoms with Crippen molar-refractivity contribution in [1.29, 1.82) is 0 Å². The molecule has 2 aliphatic rings. The van der Waals surface area contributed by atoms with E-state index < -0.39 is 0 Å². The van der Waals surface area contributed by atoms with Gasteiger partial charge in [-0.1, -0.05) is 99.9 Å². The van der Waals surface area contributed by atoms with Gasteiger partial charge in [-0.05, 0) is 61.1 Å². The van der Waals surface area contributed by atoms with Crippen molar-refractivity contribution in [2.45, 2.75) is 102 Å². The topological polar surface area (TPSA) is 71.2 Å². The summed E-state index contributed by atoms with van der Waals surface area (Å²) in [6.07, 6.45) is 13.6. The first-order chi connectivity index (χ1) is 23.3. The zero-order valence-electron chi connectivity index (χ0n) is 30.4. The van der Waals surface area contributed by atoms with Crippen LogP contribution >= 0.6 is 24.8 Å². The van der Waals surface area contributed by atoms with Crippen LogP contribution in [-0.4, -0.2) is 62.1 Å². The predicted octanol–water partition coefficient (Wildman–Crippen LogP) is 10.2. The maximum atomic E-state index is 14.1. The molecule has 0 aromatic heterocycles. The number of hydrogen-bond donors (Lipinski definition) is 2. The molecule has 50 heavy (non-hydrogen) atoms. The first kappa shape index (κ1) is 40.8. The Morgan fingerprint density at radius 2 is 0.900 bits per heavy atom. The summed E-state index contributed by atoms with van der Waals surface area (Å²) in [5.41, 5.74) is 5.79. The third kappa shape index (κ3) is 11.2. The van der Waals surface area contributed by atoms with Crippen LogP contribution in [0.5, 0.6) is 0 Å². The number of anilines is 4. The third-order valence-electron chi connectivity index (χ3n) is 10.0. The van der Waals surface area contributed by atoms with Crippen molar-refractivity contribution < 1.29 is 9.59 Å². The number of nitrogens with one attached hydrogen (secondary N) is 2. The van der Waals surface area contributed by atoms with Gasteiger partial charge in [-0.2, -0.15) is 0 Å². The van der Waals surface area contributed by atoms with E-state index in [1.807, 2.05) is 86.5 Å². The highest BCUT2D eigenvalue weighted by Crippen LogP contribution is 2.30. The third-order valence-corrected chi connectivity index (χ3v) is 10.0. The summed E-state index contributed by atoms with van der Waals surface area (Å²) in [6, 6.07) is 24.8. The minimum atomic E-state index is -0.0550. The Morgan fingerprint density at radius 3 is 1.26 bits per heavy atom. The molecule has 0 radical (unpaired) electrons. The van der Waals surface area contributed by atoms with Crippen LogP contribution in [0, 0.1) is 0 Å². The van der Waals surface area contributed by atoms with Crippen LogP contribution in [0.2, 0.25) is 0 Å². The summed E-state index contributed by atoms with van der Waals surface area (Å²) in [5.74, 6) is 0. The standard InChI is InChI=1S/C40H56N6O2.2ClH/c1-43(2)37-26-15-13-24-35(37)41-39(47)45(33-20-9-5-6-10-21-33)29-31-18-17-19-32(28-31)30-46(34-22-11-7-8-12-23-34)40(48)42-36-25-14-16-27-38(36)44(3)4;;/h13-19,24-28,33-34H,5-12,20-23,29-30H2,1-4H3,(H,41,47)(H,42,48);2*1H. The van der Waals surface area contributed by atoms with Gasteiger partial charge in [-0.15, -0.1) is 24.8 Å². The van der Waals surface area contributed by atoms with Crippen LogP contribution in [0.25, 0.3) is 0 Å². The molecule has 0 atom stereocenters. The molecular formula is C40H58Cl2N6O2. The lowest BCUT2D eigenvalue weighted by molar-refractivity contribution is 0.174. The van der Waals surface area contributed by atoms with Gasteiger partial charge in [0.2, 0.25) is 0 Å². The predicted molar refractivity (Wildman–Crippen MR) is 215 cm³/mol. The minimum absolute atomic E-state index is 0. The average Bonchev–Trinajstić information content (AvgIpc) is 3.53. The van der Waals surface area contributed by atoms with Crippen molar-refractivity contribution in [2.75, 3.05) is 48.6 Å². The highest BCUT2D eigenvalue weighted by atomic mass is 35.5. The highest BCUT2D eigenvalue weighted by Gasteiger charge is 2.28. The number of rotatable bonds is 10. The van der Waals surface area contributed by atoms with E-state index in [1.165, 1.54) is 25.7 Å². The maximum Gasteiger partial charge on any atom is 0.322 e. The van der Waals surface area contributed by atoms with Crippen LogP contribution in [-0.2, 0) is 13.1 Å². The Labute approximate surface area is 312 Å². The Kier molecular flexibility index (Phi) is 16.6. The first-order valence-electron chi connectivity index (χ1n) is 18.1. The second kappa shape index (κ2) is 20.3. The molecule has 0 heterocycles. The van der Waals surface area contributed by atoms with Crippen LogP contribution in [0.15, 0.2) is 72.8 Å². The fraction of sp³-hybridized carbons (Fsp3) is 0.500. The van der Waals surface area contributed by atoms with Gasteiger partial charge in [0.15, 0.2) is 0 Å². The van der Waals surface area contributed by atoms with E-state index in [4.69, 9.17) is 0 Å². The van der Waals surface area contributed by atoms with Gasteiger partial charge in [0.05, 0.1) is 22.7 Å². The monoisotopic (exact) mass is 724 g/mol. The van der Waals surface area contributed by atoms with Gasteiger partial charge < -0.3 is 30.2 Å². The number of amides is 4. The van der Waals surface area contributed by atoms with Gasteiger partial charge in [0, 0.05) is 53.4 Å². The number of hydrogen-bond acceptors (Lipinski definition) is 4. The van der Waals surface area contributed by atoms with Crippen molar-refractivity contribution in [3.63, 3.8) is 0 Å². The molecule has 0 bridgehead atoms.